The van der Waals surface area contributed by atoms with Gasteiger partial charge in [-0.2, -0.15) is 0 Å². The number of benzene rings is 1. The van der Waals surface area contributed by atoms with E-state index >= 15 is 0 Å². The molecule has 3 rings (SSSR count). The molecule has 7 heteroatoms. The molecule has 0 bridgehead atoms. The molecule has 2 saturated heterocycles. The Kier molecular flexibility index (Phi) is 7.46. The van der Waals surface area contributed by atoms with Gasteiger partial charge in [-0.15, -0.1) is 0 Å². The van der Waals surface area contributed by atoms with E-state index < -0.39 is 29.9 Å². The minimum Gasteiger partial charge on any atom is -0.461 e. The van der Waals surface area contributed by atoms with Crippen LogP contribution in [0.5, 0.6) is 0 Å². The number of Topliss-reactive ketones (excluding diaryl/α,β-unsaturated/α-hetero) is 1. The lowest BCUT2D eigenvalue weighted by atomic mass is 9.90. The van der Waals surface area contributed by atoms with Crippen LogP contribution in [0.15, 0.2) is 30.3 Å². The number of fused-ring (bicyclic) bond motifs is 1. The molecule has 1 aromatic rings. The van der Waals surface area contributed by atoms with Crippen LogP contribution in [-0.4, -0.2) is 53.2 Å². The van der Waals surface area contributed by atoms with Gasteiger partial charge in [-0.25, -0.2) is 4.79 Å². The monoisotopic (exact) mass is 428 g/mol. The number of ketones is 1. The summed E-state index contributed by atoms with van der Waals surface area (Å²) in [5.41, 5.74) is 0.890. The van der Waals surface area contributed by atoms with Gasteiger partial charge in [0, 0.05) is 18.9 Å². The molecule has 5 atom stereocenters. The summed E-state index contributed by atoms with van der Waals surface area (Å²) in [5, 5.41) is 2.80. The summed E-state index contributed by atoms with van der Waals surface area (Å²) in [6.07, 6.45) is 2.26. The molecule has 7 nitrogen and oxygen atoms in total. The highest BCUT2D eigenvalue weighted by Gasteiger charge is 2.40. The summed E-state index contributed by atoms with van der Waals surface area (Å²) in [6.45, 7) is 5.63. The van der Waals surface area contributed by atoms with Crippen LogP contribution in [0.25, 0.3) is 0 Å². The number of ether oxygens (including phenoxy) is 1. The maximum Gasteiger partial charge on any atom is 0.329 e. The first-order chi connectivity index (χ1) is 14.8. The fraction of sp³-hybridized carbons (Fsp3) is 0.583. The topological polar surface area (TPSA) is 92.8 Å². The number of carbonyl (C=O) groups is 4. The largest absolute Gasteiger partial charge is 0.461 e. The molecule has 0 spiro atoms. The van der Waals surface area contributed by atoms with Crippen molar-refractivity contribution in [3.63, 3.8) is 0 Å². The molecular weight excluding hydrogens is 396 g/mol. The molecule has 0 aliphatic carbocycles. The lowest BCUT2D eigenvalue weighted by Gasteiger charge is -2.30. The van der Waals surface area contributed by atoms with Gasteiger partial charge in [-0.1, -0.05) is 37.3 Å². The van der Waals surface area contributed by atoms with E-state index in [0.29, 0.717) is 32.2 Å². The highest BCUT2D eigenvalue weighted by Crippen LogP contribution is 2.23. The minimum atomic E-state index is -0.853. The van der Waals surface area contributed by atoms with Crippen LogP contribution < -0.4 is 5.32 Å². The second kappa shape index (κ2) is 10.1. The number of esters is 1. The van der Waals surface area contributed by atoms with Crippen molar-refractivity contribution >= 4 is 23.6 Å². The molecule has 2 aliphatic heterocycles. The summed E-state index contributed by atoms with van der Waals surface area (Å²) >= 11 is 0. The number of amides is 2. The zero-order chi connectivity index (χ0) is 22.5. The SMILES string of the molecule is C[C@@H]1C(=O)N[C@@H](Cc2ccccc2)C(=O)N2CCC[C@H]2C(=O)O[C@H](C)CC[C@@H](C)C1=O. The molecule has 0 saturated carbocycles. The Balaban J connectivity index is 1.91. The lowest BCUT2D eigenvalue weighted by Crippen LogP contribution is -2.54. The fourth-order valence-electron chi connectivity index (χ4n) is 4.34. The summed E-state index contributed by atoms with van der Waals surface area (Å²) in [7, 11) is 0. The number of nitrogens with one attached hydrogen (secondary N) is 1. The van der Waals surface area contributed by atoms with Gasteiger partial charge in [0.2, 0.25) is 11.8 Å². The van der Waals surface area contributed by atoms with Crippen LogP contribution in [0.2, 0.25) is 0 Å². The summed E-state index contributed by atoms with van der Waals surface area (Å²) in [4.78, 5) is 53.4. The van der Waals surface area contributed by atoms with Crippen molar-refractivity contribution < 1.29 is 23.9 Å². The third-order valence-electron chi connectivity index (χ3n) is 6.33. The van der Waals surface area contributed by atoms with E-state index in [-0.39, 0.29) is 30.1 Å². The Morgan fingerprint density at radius 2 is 1.71 bits per heavy atom. The zero-order valence-corrected chi connectivity index (χ0v) is 18.5. The normalized spacial score (nSPS) is 30.9. The maximum atomic E-state index is 13.4. The number of hydrogen-bond acceptors (Lipinski definition) is 5. The van der Waals surface area contributed by atoms with Crippen molar-refractivity contribution in [2.75, 3.05) is 6.54 Å². The molecule has 0 aromatic heterocycles. The average molecular weight is 429 g/mol. The Morgan fingerprint density at radius 3 is 2.42 bits per heavy atom. The number of nitrogens with zero attached hydrogens (tertiary/aromatic N) is 1. The molecule has 168 valence electrons. The molecule has 31 heavy (non-hydrogen) atoms. The van der Waals surface area contributed by atoms with Gasteiger partial charge < -0.3 is 15.0 Å². The molecular formula is C24H32N2O5. The first-order valence-electron chi connectivity index (χ1n) is 11.2. The Morgan fingerprint density at radius 1 is 1.00 bits per heavy atom. The molecule has 2 aliphatic rings. The molecule has 2 fully saturated rings. The molecule has 2 heterocycles. The van der Waals surface area contributed by atoms with E-state index in [0.717, 1.165) is 5.56 Å². The first-order valence-corrected chi connectivity index (χ1v) is 11.2. The summed E-state index contributed by atoms with van der Waals surface area (Å²) in [5.74, 6) is -2.53. The van der Waals surface area contributed by atoms with E-state index in [4.69, 9.17) is 4.74 Å². The third-order valence-corrected chi connectivity index (χ3v) is 6.33. The van der Waals surface area contributed by atoms with Gasteiger partial charge >= 0.3 is 5.97 Å². The standard InChI is InChI=1S/C24H32N2O5/c1-15-11-12-16(2)31-24(30)20-10-7-13-26(20)23(29)19(14-18-8-5-4-6-9-18)25-22(28)17(3)21(15)27/h4-6,8-9,15-17,19-20H,7,10-14H2,1-3H3,(H,25,28)/t15-,16-,17+,19+,20+/m1/s1. The van der Waals surface area contributed by atoms with Gasteiger partial charge in [0.25, 0.3) is 0 Å². The van der Waals surface area contributed by atoms with E-state index in [9.17, 15) is 19.2 Å². The van der Waals surface area contributed by atoms with Crippen molar-refractivity contribution in [2.45, 2.75) is 71.1 Å². The molecule has 1 aromatic carbocycles. The Hall–Kier alpha value is -2.70. The molecule has 0 radical (unpaired) electrons. The number of hydrogen-bond donors (Lipinski definition) is 1. The van der Waals surface area contributed by atoms with E-state index in [1.54, 1.807) is 20.8 Å². The summed E-state index contributed by atoms with van der Waals surface area (Å²) < 4.78 is 5.61. The Labute approximate surface area is 183 Å². The van der Waals surface area contributed by atoms with E-state index in [2.05, 4.69) is 5.32 Å². The van der Waals surface area contributed by atoms with Crippen molar-refractivity contribution in [2.24, 2.45) is 11.8 Å². The molecule has 0 unspecified atom stereocenters. The van der Waals surface area contributed by atoms with Gasteiger partial charge in [-0.3, -0.25) is 14.4 Å². The maximum absolute atomic E-state index is 13.4. The van der Waals surface area contributed by atoms with Gasteiger partial charge in [0.05, 0.1) is 12.0 Å². The highest BCUT2D eigenvalue weighted by molar-refractivity contribution is 6.03. The molecule has 1 N–H and O–H groups in total. The van der Waals surface area contributed by atoms with Gasteiger partial charge in [-0.05, 0) is 45.1 Å². The van der Waals surface area contributed by atoms with Crippen LogP contribution in [0.1, 0.15) is 52.0 Å². The fourth-order valence-corrected chi connectivity index (χ4v) is 4.34. The van der Waals surface area contributed by atoms with Crippen molar-refractivity contribution in [3.8, 4) is 0 Å². The van der Waals surface area contributed by atoms with Crippen molar-refractivity contribution in [3.05, 3.63) is 35.9 Å². The minimum absolute atomic E-state index is 0.168. The molecule has 2 amide bonds. The van der Waals surface area contributed by atoms with Crippen LogP contribution >= 0.6 is 0 Å². The number of cyclic esters (lactones) is 1. The van der Waals surface area contributed by atoms with Crippen molar-refractivity contribution in [1.82, 2.24) is 10.2 Å². The predicted octanol–water partition coefficient (Wildman–Crippen LogP) is 2.27. The predicted molar refractivity (Wildman–Crippen MR) is 115 cm³/mol. The average Bonchev–Trinajstić information content (AvgIpc) is 3.25. The first kappa shape index (κ1) is 23.0. The van der Waals surface area contributed by atoms with Crippen LogP contribution in [-0.2, 0) is 30.3 Å². The van der Waals surface area contributed by atoms with Crippen molar-refractivity contribution in [1.29, 1.82) is 0 Å². The zero-order valence-electron chi connectivity index (χ0n) is 18.5. The smallest absolute Gasteiger partial charge is 0.329 e. The van der Waals surface area contributed by atoms with Crippen LogP contribution in [0, 0.1) is 11.8 Å². The third kappa shape index (κ3) is 5.51. The van der Waals surface area contributed by atoms with Gasteiger partial charge in [0.1, 0.15) is 17.9 Å². The number of rotatable bonds is 2. The second-order valence-corrected chi connectivity index (χ2v) is 8.79. The Bertz CT molecular complexity index is 825. The van der Waals surface area contributed by atoms with E-state index in [1.165, 1.54) is 4.90 Å². The quantitative estimate of drug-likeness (QED) is 0.576. The van der Waals surface area contributed by atoms with Crippen LogP contribution in [0.4, 0.5) is 0 Å². The lowest BCUT2D eigenvalue weighted by molar-refractivity contribution is -0.158. The number of carbonyl (C=O) groups excluding carboxylic acids is 4. The van der Waals surface area contributed by atoms with E-state index in [1.807, 2.05) is 30.3 Å². The van der Waals surface area contributed by atoms with Gasteiger partial charge in [0.15, 0.2) is 0 Å². The highest BCUT2D eigenvalue weighted by atomic mass is 16.5. The van der Waals surface area contributed by atoms with Crippen LogP contribution in [0.3, 0.4) is 0 Å². The summed E-state index contributed by atoms with van der Waals surface area (Å²) in [6, 6.07) is 7.91. The second-order valence-electron chi connectivity index (χ2n) is 8.79.